The molecule has 0 unspecified atom stereocenters. The Labute approximate surface area is 318 Å². The van der Waals surface area contributed by atoms with E-state index in [9.17, 15) is 0 Å². The van der Waals surface area contributed by atoms with Crippen LogP contribution in [0.25, 0.3) is 98.4 Å². The summed E-state index contributed by atoms with van der Waals surface area (Å²) in [6, 6.07) is 73.5. The number of fused-ring (bicyclic) bond motifs is 13. The molecule has 11 aromatic rings. The molecule has 0 amide bonds. The van der Waals surface area contributed by atoms with Crippen LogP contribution in [-0.2, 0) is 5.41 Å². The number of benzene rings is 11. The van der Waals surface area contributed by atoms with Crippen molar-refractivity contribution in [3.63, 3.8) is 0 Å². The Bertz CT molecular complexity index is 3320. The molecule has 2 aliphatic rings. The molecule has 0 aliphatic heterocycles. The summed E-state index contributed by atoms with van der Waals surface area (Å²) in [6.45, 7) is 0. The zero-order valence-corrected chi connectivity index (χ0v) is 30.0. The van der Waals surface area contributed by atoms with Crippen LogP contribution >= 0.6 is 0 Å². The summed E-state index contributed by atoms with van der Waals surface area (Å²) >= 11 is 0. The van der Waals surface area contributed by atoms with E-state index in [0.29, 0.717) is 0 Å². The first-order valence-corrected chi connectivity index (χ1v) is 19.3. The molecular formula is C55H32. The average Bonchev–Trinajstić information content (AvgIpc) is 3.72. The fourth-order valence-corrected chi connectivity index (χ4v) is 10.7. The van der Waals surface area contributed by atoms with Gasteiger partial charge in [-0.2, -0.15) is 0 Å². The molecule has 0 radical (unpaired) electrons. The molecule has 2 aliphatic carbocycles. The lowest BCUT2D eigenvalue weighted by molar-refractivity contribution is 0.801. The summed E-state index contributed by atoms with van der Waals surface area (Å²) < 4.78 is 0. The zero-order chi connectivity index (χ0) is 35.8. The van der Waals surface area contributed by atoms with Crippen LogP contribution < -0.4 is 0 Å². The molecule has 11 aromatic carbocycles. The molecule has 252 valence electrons. The Kier molecular flexibility index (Phi) is 5.65. The molecule has 13 rings (SSSR count). The smallest absolute Gasteiger partial charge is 0.0619 e. The summed E-state index contributed by atoms with van der Waals surface area (Å²) in [6.07, 6.45) is 0. The van der Waals surface area contributed by atoms with Crippen molar-refractivity contribution in [2.75, 3.05) is 0 Å². The van der Waals surface area contributed by atoms with E-state index in [1.807, 2.05) is 0 Å². The third-order valence-corrected chi connectivity index (χ3v) is 13.0. The quantitative estimate of drug-likeness (QED) is 0.158. The van der Waals surface area contributed by atoms with Crippen LogP contribution in [0.2, 0.25) is 0 Å². The molecule has 0 N–H and O–H groups in total. The summed E-state index contributed by atoms with van der Waals surface area (Å²) in [4.78, 5) is 0. The van der Waals surface area contributed by atoms with Crippen LogP contribution in [0.4, 0.5) is 0 Å². The van der Waals surface area contributed by atoms with Crippen molar-refractivity contribution in [2.24, 2.45) is 0 Å². The monoisotopic (exact) mass is 692 g/mol. The molecule has 0 nitrogen and oxygen atoms in total. The Hall–Kier alpha value is -7.02. The summed E-state index contributed by atoms with van der Waals surface area (Å²) in [5.74, 6) is 0. The van der Waals surface area contributed by atoms with Crippen molar-refractivity contribution < 1.29 is 0 Å². The van der Waals surface area contributed by atoms with E-state index in [0.717, 1.165) is 0 Å². The maximum absolute atomic E-state index is 2.53. The predicted octanol–water partition coefficient (Wildman–Crippen LogP) is 14.6. The fourth-order valence-electron chi connectivity index (χ4n) is 10.7. The molecule has 0 aromatic heterocycles. The normalized spacial score (nSPS) is 13.6. The number of rotatable bonds is 2. The van der Waals surface area contributed by atoms with E-state index in [2.05, 4.69) is 194 Å². The SMILES string of the molecule is c1ccc2c(c1)-c1ccccc1C21c2cc(-c3cc4ccc5cccc6ccc(c3)c4c56)ccc2-c2ccc3c(-c4ccc5ccccc5c4)cccc3c21. The van der Waals surface area contributed by atoms with Gasteiger partial charge in [-0.05, 0) is 145 Å². The topological polar surface area (TPSA) is 0 Å². The lowest BCUT2D eigenvalue weighted by Gasteiger charge is -2.32. The zero-order valence-electron chi connectivity index (χ0n) is 30.0. The van der Waals surface area contributed by atoms with Crippen molar-refractivity contribution in [3.8, 4) is 44.5 Å². The van der Waals surface area contributed by atoms with Crippen molar-refractivity contribution in [1.82, 2.24) is 0 Å². The standard InChI is InChI=1S/C55H32/c1-2-10-36-29-38(22-19-33(36)9-1)42-15-8-16-47-43(42)27-28-48-46-26-25-37(41-30-39-23-20-34-11-7-12-35-21-24-40(31-41)53(39)52(34)35)32-51(46)55(54(47)48)49-17-5-3-13-44(49)45-14-4-6-18-50(45)55/h1-32H. The molecule has 0 heteroatoms. The minimum Gasteiger partial charge on any atom is -0.0619 e. The van der Waals surface area contributed by atoms with Gasteiger partial charge in [0.2, 0.25) is 0 Å². The van der Waals surface area contributed by atoms with Crippen molar-refractivity contribution in [3.05, 3.63) is 216 Å². The highest BCUT2D eigenvalue weighted by Gasteiger charge is 2.52. The second kappa shape index (κ2) is 10.6. The van der Waals surface area contributed by atoms with E-state index >= 15 is 0 Å². The molecule has 0 atom stereocenters. The lowest BCUT2D eigenvalue weighted by Crippen LogP contribution is -2.26. The van der Waals surface area contributed by atoms with Gasteiger partial charge in [0.1, 0.15) is 0 Å². The minimum atomic E-state index is -0.467. The molecule has 0 saturated carbocycles. The van der Waals surface area contributed by atoms with Gasteiger partial charge in [-0.15, -0.1) is 0 Å². The van der Waals surface area contributed by atoms with Gasteiger partial charge in [-0.3, -0.25) is 0 Å². The Morgan fingerprint density at radius 1 is 0.255 bits per heavy atom. The van der Waals surface area contributed by atoms with Gasteiger partial charge in [0, 0.05) is 0 Å². The maximum atomic E-state index is 2.53. The molecule has 0 saturated heterocycles. The van der Waals surface area contributed by atoms with Crippen LogP contribution in [0.15, 0.2) is 194 Å². The van der Waals surface area contributed by atoms with Gasteiger partial charge in [-0.1, -0.05) is 170 Å². The molecule has 55 heavy (non-hydrogen) atoms. The van der Waals surface area contributed by atoms with Crippen molar-refractivity contribution in [1.29, 1.82) is 0 Å². The Balaban J connectivity index is 1.10. The fraction of sp³-hybridized carbons (Fsp3) is 0.0182. The highest BCUT2D eigenvalue weighted by atomic mass is 14.5. The van der Waals surface area contributed by atoms with Crippen molar-refractivity contribution >= 4 is 53.9 Å². The van der Waals surface area contributed by atoms with Gasteiger partial charge in [-0.25, -0.2) is 0 Å². The van der Waals surface area contributed by atoms with Gasteiger partial charge in [0.25, 0.3) is 0 Å². The highest BCUT2D eigenvalue weighted by molar-refractivity contribution is 6.23. The Morgan fingerprint density at radius 3 is 1.55 bits per heavy atom. The average molecular weight is 693 g/mol. The first kappa shape index (κ1) is 29.4. The van der Waals surface area contributed by atoms with E-state index in [4.69, 9.17) is 0 Å². The first-order chi connectivity index (χ1) is 27.3. The molecule has 1 spiro atoms. The summed E-state index contributed by atoms with van der Waals surface area (Å²) in [7, 11) is 0. The molecule has 0 bridgehead atoms. The maximum Gasteiger partial charge on any atom is 0.0731 e. The van der Waals surface area contributed by atoms with Gasteiger partial charge >= 0.3 is 0 Å². The van der Waals surface area contributed by atoms with Crippen LogP contribution in [0, 0.1) is 0 Å². The molecule has 0 fully saturated rings. The third kappa shape index (κ3) is 3.76. The summed E-state index contributed by atoms with van der Waals surface area (Å²) in [5.41, 5.74) is 15.4. The van der Waals surface area contributed by atoms with Crippen LogP contribution in [0.1, 0.15) is 22.3 Å². The van der Waals surface area contributed by atoms with Crippen LogP contribution in [0.5, 0.6) is 0 Å². The summed E-state index contributed by atoms with van der Waals surface area (Å²) in [5, 5.41) is 13.0. The molecular weight excluding hydrogens is 661 g/mol. The van der Waals surface area contributed by atoms with Gasteiger partial charge in [0.05, 0.1) is 5.41 Å². The van der Waals surface area contributed by atoms with E-state index in [1.54, 1.807) is 0 Å². The second-order valence-corrected chi connectivity index (χ2v) is 15.6. The highest BCUT2D eigenvalue weighted by Crippen LogP contribution is 2.64. The van der Waals surface area contributed by atoms with E-state index in [-0.39, 0.29) is 0 Å². The number of hydrogen-bond acceptors (Lipinski definition) is 0. The second-order valence-electron chi connectivity index (χ2n) is 15.6. The van der Waals surface area contributed by atoms with E-state index < -0.39 is 5.41 Å². The Morgan fingerprint density at radius 2 is 0.782 bits per heavy atom. The van der Waals surface area contributed by atoms with Crippen LogP contribution in [-0.4, -0.2) is 0 Å². The third-order valence-electron chi connectivity index (χ3n) is 13.0. The van der Waals surface area contributed by atoms with E-state index in [1.165, 1.54) is 121 Å². The number of hydrogen-bond donors (Lipinski definition) is 0. The van der Waals surface area contributed by atoms with Crippen molar-refractivity contribution in [2.45, 2.75) is 5.41 Å². The largest absolute Gasteiger partial charge is 0.0731 e. The predicted molar refractivity (Wildman–Crippen MR) is 232 cm³/mol. The van der Waals surface area contributed by atoms with Gasteiger partial charge in [0.15, 0.2) is 0 Å². The lowest BCUT2D eigenvalue weighted by atomic mass is 9.69. The molecule has 0 heterocycles. The minimum absolute atomic E-state index is 0.467. The van der Waals surface area contributed by atoms with Crippen LogP contribution in [0.3, 0.4) is 0 Å². The first-order valence-electron chi connectivity index (χ1n) is 19.3. The van der Waals surface area contributed by atoms with Gasteiger partial charge < -0.3 is 0 Å².